The first-order chi connectivity index (χ1) is 15.8. The van der Waals surface area contributed by atoms with Gasteiger partial charge in [-0.15, -0.1) is 0 Å². The summed E-state index contributed by atoms with van der Waals surface area (Å²) in [6, 6.07) is 14.3. The third-order valence-corrected chi connectivity index (χ3v) is 5.68. The van der Waals surface area contributed by atoms with E-state index in [4.69, 9.17) is 9.26 Å². The van der Waals surface area contributed by atoms with Gasteiger partial charge in [-0.05, 0) is 36.4 Å². The average molecular weight is 449 g/mol. The Hall–Kier alpha value is -3.68. The predicted molar refractivity (Wildman–Crippen MR) is 123 cm³/mol. The van der Waals surface area contributed by atoms with E-state index in [0.29, 0.717) is 60.3 Å². The minimum Gasteiger partial charge on any atom is -0.497 e. The van der Waals surface area contributed by atoms with Crippen LogP contribution in [0.15, 0.2) is 53.1 Å². The Bertz CT molecular complexity index is 1140. The Morgan fingerprint density at radius 3 is 2.09 bits per heavy atom. The molecule has 0 spiro atoms. The van der Waals surface area contributed by atoms with E-state index in [0.717, 1.165) is 0 Å². The van der Waals surface area contributed by atoms with E-state index in [-0.39, 0.29) is 17.2 Å². The zero-order valence-electron chi connectivity index (χ0n) is 19.4. The number of methoxy groups -OCH3 is 1. The van der Waals surface area contributed by atoms with Crippen LogP contribution in [0.3, 0.4) is 0 Å². The molecule has 33 heavy (non-hydrogen) atoms. The Morgan fingerprint density at radius 1 is 0.909 bits per heavy atom. The van der Waals surface area contributed by atoms with Crippen molar-refractivity contribution in [1.82, 2.24) is 19.9 Å². The summed E-state index contributed by atoms with van der Waals surface area (Å²) in [5.74, 6) is 1.46. The standard InChI is InChI=1S/C25H28N4O4/c1-25(2,3)24-26-21(33-27-24)19-7-5-6-8-20(19)23(31)29-15-13-28(14-16-29)22(30)17-9-11-18(32-4)12-10-17/h5-12H,13-16H2,1-4H3. The number of hydrogen-bond donors (Lipinski definition) is 0. The molecule has 8 nitrogen and oxygen atoms in total. The van der Waals surface area contributed by atoms with Gasteiger partial charge in [-0.1, -0.05) is 38.1 Å². The molecule has 3 aromatic rings. The SMILES string of the molecule is COc1ccc(C(=O)N2CCN(C(=O)c3ccccc3-c3nc(C(C)(C)C)no3)CC2)cc1. The van der Waals surface area contributed by atoms with Gasteiger partial charge in [0.15, 0.2) is 5.82 Å². The van der Waals surface area contributed by atoms with Crippen LogP contribution in [0, 0.1) is 0 Å². The molecule has 4 rings (SSSR count). The van der Waals surface area contributed by atoms with Crippen molar-refractivity contribution < 1.29 is 18.8 Å². The minimum absolute atomic E-state index is 0.0503. The van der Waals surface area contributed by atoms with E-state index in [1.54, 1.807) is 47.2 Å². The number of ether oxygens (including phenoxy) is 1. The number of piperazine rings is 1. The number of aromatic nitrogens is 2. The largest absolute Gasteiger partial charge is 0.497 e. The summed E-state index contributed by atoms with van der Waals surface area (Å²) >= 11 is 0. The second-order valence-electron chi connectivity index (χ2n) is 9.03. The second-order valence-corrected chi connectivity index (χ2v) is 9.03. The Kier molecular flexibility index (Phi) is 6.18. The van der Waals surface area contributed by atoms with E-state index in [1.807, 2.05) is 39.0 Å². The number of amides is 2. The van der Waals surface area contributed by atoms with E-state index < -0.39 is 0 Å². The summed E-state index contributed by atoms with van der Waals surface area (Å²) in [4.78, 5) is 34.2. The fourth-order valence-electron chi connectivity index (χ4n) is 3.69. The number of nitrogens with zero attached hydrogens (tertiary/aromatic N) is 4. The van der Waals surface area contributed by atoms with Crippen LogP contribution in [0.1, 0.15) is 47.3 Å². The predicted octanol–water partition coefficient (Wildman–Crippen LogP) is 3.64. The van der Waals surface area contributed by atoms with E-state index >= 15 is 0 Å². The van der Waals surface area contributed by atoms with E-state index in [9.17, 15) is 9.59 Å². The number of carbonyl (C=O) groups is 2. The molecule has 0 aliphatic carbocycles. The van der Waals surface area contributed by atoms with Crippen LogP contribution in [0.2, 0.25) is 0 Å². The smallest absolute Gasteiger partial charge is 0.258 e. The summed E-state index contributed by atoms with van der Waals surface area (Å²) in [5, 5.41) is 4.08. The molecule has 1 aliphatic heterocycles. The molecule has 2 heterocycles. The molecule has 1 fully saturated rings. The number of rotatable bonds is 4. The monoisotopic (exact) mass is 448 g/mol. The lowest BCUT2D eigenvalue weighted by atomic mass is 9.96. The summed E-state index contributed by atoms with van der Waals surface area (Å²) in [5.41, 5.74) is 1.47. The fourth-order valence-corrected chi connectivity index (χ4v) is 3.69. The highest BCUT2D eigenvalue weighted by Gasteiger charge is 2.28. The lowest BCUT2D eigenvalue weighted by Gasteiger charge is -2.35. The number of hydrogen-bond acceptors (Lipinski definition) is 6. The molecule has 0 unspecified atom stereocenters. The summed E-state index contributed by atoms with van der Waals surface area (Å²) in [6.45, 7) is 7.85. The van der Waals surface area contributed by atoms with Gasteiger partial charge in [0, 0.05) is 37.2 Å². The Balaban J connectivity index is 1.46. The van der Waals surface area contributed by atoms with Crippen LogP contribution in [-0.2, 0) is 5.41 Å². The zero-order chi connectivity index (χ0) is 23.6. The minimum atomic E-state index is -0.256. The van der Waals surface area contributed by atoms with Gasteiger partial charge in [0.2, 0.25) is 0 Å². The van der Waals surface area contributed by atoms with Gasteiger partial charge >= 0.3 is 0 Å². The lowest BCUT2D eigenvalue weighted by molar-refractivity contribution is 0.0535. The second kappa shape index (κ2) is 9.05. The molecule has 0 N–H and O–H groups in total. The van der Waals surface area contributed by atoms with Crippen LogP contribution < -0.4 is 4.74 Å². The van der Waals surface area contributed by atoms with Crippen LogP contribution in [0.5, 0.6) is 5.75 Å². The highest BCUT2D eigenvalue weighted by Crippen LogP contribution is 2.27. The topological polar surface area (TPSA) is 88.8 Å². The maximum atomic E-state index is 13.3. The van der Waals surface area contributed by atoms with Crippen LogP contribution in [0.25, 0.3) is 11.5 Å². The van der Waals surface area contributed by atoms with Gasteiger partial charge in [0.25, 0.3) is 17.7 Å². The quantitative estimate of drug-likeness (QED) is 0.605. The van der Waals surface area contributed by atoms with Gasteiger partial charge in [-0.2, -0.15) is 4.98 Å². The first kappa shape index (κ1) is 22.5. The molecule has 1 aromatic heterocycles. The highest BCUT2D eigenvalue weighted by molar-refractivity contribution is 6.00. The van der Waals surface area contributed by atoms with Gasteiger partial charge < -0.3 is 19.1 Å². The third-order valence-electron chi connectivity index (χ3n) is 5.68. The molecule has 1 aliphatic rings. The summed E-state index contributed by atoms with van der Waals surface area (Å²) < 4.78 is 10.6. The Labute approximate surface area is 193 Å². The van der Waals surface area contributed by atoms with Crippen molar-refractivity contribution in [1.29, 1.82) is 0 Å². The van der Waals surface area contributed by atoms with Gasteiger partial charge in [-0.3, -0.25) is 9.59 Å². The molecule has 2 amide bonds. The molecular formula is C25H28N4O4. The van der Waals surface area contributed by atoms with Crippen molar-refractivity contribution in [2.24, 2.45) is 0 Å². The van der Waals surface area contributed by atoms with Crippen molar-refractivity contribution in [2.75, 3.05) is 33.3 Å². The first-order valence-electron chi connectivity index (χ1n) is 10.9. The molecule has 1 saturated heterocycles. The van der Waals surface area contributed by atoms with E-state index in [2.05, 4.69) is 10.1 Å². The molecule has 0 bridgehead atoms. The normalized spacial score (nSPS) is 14.3. The van der Waals surface area contributed by atoms with Crippen molar-refractivity contribution in [3.05, 3.63) is 65.5 Å². The van der Waals surface area contributed by atoms with Crippen LogP contribution >= 0.6 is 0 Å². The van der Waals surface area contributed by atoms with Crippen molar-refractivity contribution in [3.8, 4) is 17.2 Å². The molecule has 0 atom stereocenters. The van der Waals surface area contributed by atoms with Gasteiger partial charge in [0.05, 0.1) is 18.2 Å². The molecule has 2 aromatic carbocycles. The first-order valence-corrected chi connectivity index (χ1v) is 10.9. The van der Waals surface area contributed by atoms with E-state index in [1.165, 1.54) is 0 Å². The van der Waals surface area contributed by atoms with Gasteiger partial charge in [-0.25, -0.2) is 0 Å². The molecule has 172 valence electrons. The summed E-state index contributed by atoms with van der Waals surface area (Å²) in [6.07, 6.45) is 0. The lowest BCUT2D eigenvalue weighted by Crippen LogP contribution is -2.50. The number of benzene rings is 2. The molecular weight excluding hydrogens is 420 g/mol. The zero-order valence-corrected chi connectivity index (χ0v) is 19.4. The van der Waals surface area contributed by atoms with Crippen molar-refractivity contribution >= 4 is 11.8 Å². The fraction of sp³-hybridized carbons (Fsp3) is 0.360. The Morgan fingerprint density at radius 2 is 1.52 bits per heavy atom. The summed E-state index contributed by atoms with van der Waals surface area (Å²) in [7, 11) is 1.59. The number of carbonyl (C=O) groups excluding carboxylic acids is 2. The molecule has 8 heteroatoms. The van der Waals surface area contributed by atoms with Crippen molar-refractivity contribution in [3.63, 3.8) is 0 Å². The highest BCUT2D eigenvalue weighted by atomic mass is 16.5. The molecule has 0 saturated carbocycles. The molecule has 0 radical (unpaired) electrons. The van der Waals surface area contributed by atoms with Crippen LogP contribution in [0.4, 0.5) is 0 Å². The van der Waals surface area contributed by atoms with Gasteiger partial charge in [0.1, 0.15) is 5.75 Å². The maximum absolute atomic E-state index is 13.3. The third kappa shape index (κ3) is 4.74. The van der Waals surface area contributed by atoms with Crippen molar-refractivity contribution in [2.45, 2.75) is 26.2 Å². The maximum Gasteiger partial charge on any atom is 0.258 e. The average Bonchev–Trinajstić information content (AvgIpc) is 3.34. The van der Waals surface area contributed by atoms with Crippen LogP contribution in [-0.4, -0.2) is 65.0 Å².